The number of Topliss-reactive ketones (excluding diaryl/α,β-unsaturated/α-hetero) is 1. The Kier molecular flexibility index (Phi) is 5.40. The molecular formula is C26H21NO3. The van der Waals surface area contributed by atoms with Crippen molar-refractivity contribution in [2.45, 2.75) is 13.8 Å². The Labute approximate surface area is 175 Å². The number of hydrogen-bond acceptors (Lipinski definition) is 4. The number of benzene rings is 3. The van der Waals surface area contributed by atoms with Gasteiger partial charge in [-0.1, -0.05) is 78.4 Å². The third kappa shape index (κ3) is 3.98. The minimum absolute atomic E-state index is 0.239. The summed E-state index contributed by atoms with van der Waals surface area (Å²) in [6.07, 6.45) is 0. The summed E-state index contributed by atoms with van der Waals surface area (Å²) < 4.78 is 5.39. The fraction of sp³-hybridized carbons (Fsp3) is 0.115. The summed E-state index contributed by atoms with van der Waals surface area (Å²) in [7, 11) is 0. The predicted octanol–water partition coefficient (Wildman–Crippen LogP) is 5.56. The molecule has 4 nitrogen and oxygen atoms in total. The number of para-hydroxylation sites is 1. The van der Waals surface area contributed by atoms with Gasteiger partial charge in [0.1, 0.15) is 0 Å². The van der Waals surface area contributed by atoms with Crippen molar-refractivity contribution in [3.8, 4) is 11.3 Å². The molecule has 148 valence electrons. The molecule has 0 saturated carbocycles. The Balaban J connectivity index is 1.70. The first kappa shape index (κ1) is 19.5. The van der Waals surface area contributed by atoms with Gasteiger partial charge in [0, 0.05) is 16.5 Å². The van der Waals surface area contributed by atoms with Gasteiger partial charge in [-0.15, -0.1) is 0 Å². The van der Waals surface area contributed by atoms with Crippen LogP contribution in [0.5, 0.6) is 0 Å². The molecular weight excluding hydrogens is 374 g/mol. The topological polar surface area (TPSA) is 56.3 Å². The van der Waals surface area contributed by atoms with Crippen molar-refractivity contribution in [3.63, 3.8) is 0 Å². The summed E-state index contributed by atoms with van der Waals surface area (Å²) in [4.78, 5) is 30.1. The third-order valence-electron chi connectivity index (χ3n) is 5.04. The van der Waals surface area contributed by atoms with E-state index in [0.29, 0.717) is 22.2 Å². The number of hydrogen-bond donors (Lipinski definition) is 0. The van der Waals surface area contributed by atoms with E-state index in [1.54, 1.807) is 30.3 Å². The zero-order valence-corrected chi connectivity index (χ0v) is 16.9. The summed E-state index contributed by atoms with van der Waals surface area (Å²) in [5, 5.41) is 0.711. The van der Waals surface area contributed by atoms with Crippen molar-refractivity contribution < 1.29 is 14.3 Å². The van der Waals surface area contributed by atoms with Crippen molar-refractivity contribution in [2.75, 3.05) is 6.61 Å². The molecule has 0 amide bonds. The van der Waals surface area contributed by atoms with Crippen LogP contribution in [0.15, 0.2) is 78.9 Å². The molecule has 4 rings (SSSR count). The normalized spacial score (nSPS) is 10.7. The third-order valence-corrected chi connectivity index (χ3v) is 5.04. The largest absolute Gasteiger partial charge is 0.454 e. The van der Waals surface area contributed by atoms with Gasteiger partial charge < -0.3 is 4.74 Å². The molecule has 30 heavy (non-hydrogen) atoms. The summed E-state index contributed by atoms with van der Waals surface area (Å²) in [6, 6.07) is 24.2. The van der Waals surface area contributed by atoms with Gasteiger partial charge in [0.05, 0.1) is 16.8 Å². The van der Waals surface area contributed by atoms with Crippen LogP contribution in [0, 0.1) is 13.8 Å². The maximum Gasteiger partial charge on any atom is 0.339 e. The Bertz CT molecular complexity index is 1230. The maximum absolute atomic E-state index is 12.9. The zero-order valence-electron chi connectivity index (χ0n) is 16.9. The Hall–Kier alpha value is -3.79. The predicted molar refractivity (Wildman–Crippen MR) is 118 cm³/mol. The van der Waals surface area contributed by atoms with Crippen LogP contribution in [-0.2, 0) is 4.74 Å². The SMILES string of the molecule is Cc1ccc(-c2cc(C(=O)OCC(=O)c3ccccc3)c3cccc(C)c3n2)cc1. The highest BCUT2D eigenvalue weighted by molar-refractivity contribution is 6.06. The Morgan fingerprint density at radius 2 is 1.60 bits per heavy atom. The maximum atomic E-state index is 12.9. The smallest absolute Gasteiger partial charge is 0.339 e. The van der Waals surface area contributed by atoms with Crippen molar-refractivity contribution in [1.82, 2.24) is 4.98 Å². The number of carbonyl (C=O) groups is 2. The second kappa shape index (κ2) is 8.29. The molecule has 3 aromatic carbocycles. The first-order chi connectivity index (χ1) is 14.5. The van der Waals surface area contributed by atoms with Crippen LogP contribution < -0.4 is 0 Å². The van der Waals surface area contributed by atoms with E-state index in [4.69, 9.17) is 9.72 Å². The number of esters is 1. The fourth-order valence-electron chi connectivity index (χ4n) is 3.35. The lowest BCUT2D eigenvalue weighted by Gasteiger charge is -2.11. The number of ketones is 1. The van der Waals surface area contributed by atoms with Gasteiger partial charge in [-0.3, -0.25) is 4.79 Å². The number of rotatable bonds is 5. The molecule has 0 saturated heterocycles. The van der Waals surface area contributed by atoms with Crippen LogP contribution in [-0.4, -0.2) is 23.3 Å². The van der Waals surface area contributed by atoms with Gasteiger partial charge in [-0.25, -0.2) is 9.78 Å². The van der Waals surface area contributed by atoms with Crippen LogP contribution in [0.2, 0.25) is 0 Å². The number of ether oxygens (including phenoxy) is 1. The van der Waals surface area contributed by atoms with Gasteiger partial charge >= 0.3 is 5.97 Å². The van der Waals surface area contributed by atoms with E-state index >= 15 is 0 Å². The lowest BCUT2D eigenvalue weighted by Crippen LogP contribution is -2.15. The highest BCUT2D eigenvalue weighted by Gasteiger charge is 2.18. The van der Waals surface area contributed by atoms with Crippen molar-refractivity contribution in [1.29, 1.82) is 0 Å². The highest BCUT2D eigenvalue weighted by Crippen LogP contribution is 2.27. The molecule has 0 N–H and O–H groups in total. The average molecular weight is 395 g/mol. The minimum atomic E-state index is -0.536. The van der Waals surface area contributed by atoms with E-state index in [1.165, 1.54) is 0 Å². The van der Waals surface area contributed by atoms with E-state index in [1.807, 2.05) is 62.4 Å². The van der Waals surface area contributed by atoms with Gasteiger partial charge in [0.15, 0.2) is 12.4 Å². The van der Waals surface area contributed by atoms with Crippen molar-refractivity contribution in [2.24, 2.45) is 0 Å². The van der Waals surface area contributed by atoms with E-state index in [0.717, 1.165) is 22.2 Å². The number of nitrogens with zero attached hydrogens (tertiary/aromatic N) is 1. The molecule has 0 fully saturated rings. The first-order valence-electron chi connectivity index (χ1n) is 9.76. The molecule has 4 heteroatoms. The van der Waals surface area contributed by atoms with Crippen LogP contribution >= 0.6 is 0 Å². The molecule has 0 radical (unpaired) electrons. The molecule has 0 atom stereocenters. The summed E-state index contributed by atoms with van der Waals surface area (Å²) in [5.41, 5.74) is 5.39. The monoisotopic (exact) mass is 395 g/mol. The molecule has 0 aliphatic rings. The quantitative estimate of drug-likeness (QED) is 0.328. The minimum Gasteiger partial charge on any atom is -0.454 e. The second-order valence-electron chi connectivity index (χ2n) is 7.26. The van der Waals surface area contributed by atoms with Crippen LogP contribution in [0.3, 0.4) is 0 Å². The van der Waals surface area contributed by atoms with Gasteiger partial charge in [0.25, 0.3) is 0 Å². The zero-order chi connectivity index (χ0) is 21.1. The van der Waals surface area contributed by atoms with E-state index in [2.05, 4.69) is 0 Å². The highest BCUT2D eigenvalue weighted by atomic mass is 16.5. The molecule has 0 unspecified atom stereocenters. The second-order valence-corrected chi connectivity index (χ2v) is 7.26. The van der Waals surface area contributed by atoms with Crippen molar-refractivity contribution in [3.05, 3.63) is 101 Å². The Morgan fingerprint density at radius 1 is 0.867 bits per heavy atom. The Morgan fingerprint density at radius 3 is 2.33 bits per heavy atom. The van der Waals surface area contributed by atoms with E-state index in [9.17, 15) is 9.59 Å². The number of aromatic nitrogens is 1. The van der Waals surface area contributed by atoms with E-state index < -0.39 is 5.97 Å². The molecule has 1 aromatic heterocycles. The van der Waals surface area contributed by atoms with Gasteiger partial charge in [-0.2, -0.15) is 0 Å². The summed E-state index contributed by atoms with van der Waals surface area (Å²) >= 11 is 0. The summed E-state index contributed by atoms with van der Waals surface area (Å²) in [5.74, 6) is -0.775. The molecule has 0 aliphatic carbocycles. The van der Waals surface area contributed by atoms with E-state index in [-0.39, 0.29) is 12.4 Å². The molecule has 1 heterocycles. The average Bonchev–Trinajstić information content (AvgIpc) is 2.78. The number of fused-ring (bicyclic) bond motifs is 1. The van der Waals surface area contributed by atoms with Crippen LogP contribution in [0.25, 0.3) is 22.2 Å². The fourth-order valence-corrected chi connectivity index (χ4v) is 3.35. The van der Waals surface area contributed by atoms with Gasteiger partial charge in [-0.05, 0) is 25.5 Å². The molecule has 0 aliphatic heterocycles. The molecule has 0 spiro atoms. The number of pyridine rings is 1. The standard InChI is InChI=1S/C26H21NO3/c1-17-11-13-19(14-12-17)23-15-22(21-10-6-7-18(2)25(21)27-23)26(29)30-16-24(28)20-8-4-3-5-9-20/h3-15H,16H2,1-2H3. The molecule has 4 aromatic rings. The lowest BCUT2D eigenvalue weighted by molar-refractivity contribution is 0.0476. The van der Waals surface area contributed by atoms with Gasteiger partial charge in [0.2, 0.25) is 0 Å². The van der Waals surface area contributed by atoms with Crippen molar-refractivity contribution >= 4 is 22.7 Å². The van der Waals surface area contributed by atoms with Crippen LogP contribution in [0.1, 0.15) is 31.8 Å². The summed E-state index contributed by atoms with van der Waals surface area (Å²) in [6.45, 7) is 3.68. The molecule has 0 bridgehead atoms. The first-order valence-corrected chi connectivity index (χ1v) is 9.76. The number of carbonyl (C=O) groups excluding carboxylic acids is 2. The van der Waals surface area contributed by atoms with Crippen LogP contribution in [0.4, 0.5) is 0 Å². The lowest BCUT2D eigenvalue weighted by atomic mass is 10.0. The number of aryl methyl sites for hydroxylation is 2.